The molecule has 19 heavy (non-hydrogen) atoms. The van der Waals surface area contributed by atoms with E-state index in [4.69, 9.17) is 16.2 Å². The molecule has 0 amide bonds. The van der Waals surface area contributed by atoms with Gasteiger partial charge in [-0.3, -0.25) is 0 Å². The fourth-order valence-electron chi connectivity index (χ4n) is 1.69. The Balaban J connectivity index is 0.00000162. The highest BCUT2D eigenvalue weighted by molar-refractivity contribution is 7.80. The summed E-state index contributed by atoms with van der Waals surface area (Å²) in [4.78, 5) is 0. The first-order valence-corrected chi connectivity index (χ1v) is 5.83. The molecule has 0 aliphatic rings. The van der Waals surface area contributed by atoms with Crippen LogP contribution in [-0.4, -0.2) is 5.94 Å². The van der Waals surface area contributed by atoms with Crippen molar-refractivity contribution in [3.8, 4) is 16.9 Å². The van der Waals surface area contributed by atoms with Crippen LogP contribution in [0.3, 0.4) is 0 Å². The van der Waals surface area contributed by atoms with Crippen LogP contribution in [0, 0.1) is 0 Å². The van der Waals surface area contributed by atoms with Crippen LogP contribution in [0.15, 0.2) is 42.5 Å². The summed E-state index contributed by atoms with van der Waals surface area (Å²) >= 11 is 4.06. The van der Waals surface area contributed by atoms with E-state index >= 15 is 0 Å². The van der Waals surface area contributed by atoms with Crippen LogP contribution in [0.4, 0.5) is 11.4 Å². The number of hydrogen-bond acceptors (Lipinski definition) is 4. The van der Waals surface area contributed by atoms with Gasteiger partial charge in [-0.05, 0) is 24.3 Å². The fraction of sp³-hybridized carbons (Fsp3) is 0.0769. The molecule has 0 atom stereocenters. The Morgan fingerprint density at radius 2 is 1.63 bits per heavy atom. The van der Waals surface area contributed by atoms with Gasteiger partial charge in [0.05, 0.1) is 0 Å². The zero-order chi connectivity index (χ0) is 12.3. The van der Waals surface area contributed by atoms with E-state index in [2.05, 4.69) is 12.6 Å². The highest BCUT2D eigenvalue weighted by atomic mass is 35.5. The Bertz CT molecular complexity index is 538. The number of nitrogen functional groups attached to an aromatic ring is 2. The smallest absolute Gasteiger partial charge is 0.131 e. The highest BCUT2D eigenvalue weighted by Crippen LogP contribution is 2.34. The minimum Gasteiger partial charge on any atom is -0.483 e. The van der Waals surface area contributed by atoms with Gasteiger partial charge in [-0.15, -0.1) is 37.4 Å². The van der Waals surface area contributed by atoms with Gasteiger partial charge in [-0.2, -0.15) is 0 Å². The van der Waals surface area contributed by atoms with Crippen molar-refractivity contribution in [2.75, 3.05) is 17.4 Å². The van der Waals surface area contributed by atoms with Crippen molar-refractivity contribution in [2.45, 2.75) is 0 Å². The molecule has 0 aliphatic heterocycles. The monoisotopic (exact) mass is 318 g/mol. The van der Waals surface area contributed by atoms with E-state index in [1.807, 2.05) is 30.3 Å². The van der Waals surface area contributed by atoms with Crippen molar-refractivity contribution in [2.24, 2.45) is 0 Å². The number of para-hydroxylation sites is 1. The van der Waals surface area contributed by atoms with Gasteiger partial charge in [0.15, 0.2) is 0 Å². The molecule has 0 spiro atoms. The van der Waals surface area contributed by atoms with E-state index in [-0.39, 0.29) is 24.8 Å². The number of benzene rings is 2. The lowest BCUT2D eigenvalue weighted by atomic mass is 10.0. The maximum absolute atomic E-state index is 5.96. The van der Waals surface area contributed by atoms with Crippen molar-refractivity contribution < 1.29 is 4.74 Å². The van der Waals surface area contributed by atoms with Crippen molar-refractivity contribution >= 4 is 48.8 Å². The summed E-state index contributed by atoms with van der Waals surface area (Å²) in [6.07, 6.45) is 0. The minimum absolute atomic E-state index is 0. The van der Waals surface area contributed by atoms with Crippen molar-refractivity contribution in [3.05, 3.63) is 42.5 Å². The van der Waals surface area contributed by atoms with Gasteiger partial charge in [-0.25, -0.2) is 0 Å². The lowest BCUT2D eigenvalue weighted by molar-refractivity contribution is 0.396. The Kier molecular flexibility index (Phi) is 7.52. The molecule has 0 aromatic heterocycles. The lowest BCUT2D eigenvalue weighted by Gasteiger charge is -2.12. The first-order chi connectivity index (χ1) is 8.22. The molecule has 0 saturated carbocycles. The molecule has 2 rings (SSSR count). The standard InChI is InChI=1S/C13H14N2OS.2ClH/c14-9-5-6-12(15)11(7-9)10-3-1-2-4-13(10)16-8-17;;/h1-7,17H,8,14-15H2;2*1H. The topological polar surface area (TPSA) is 61.3 Å². The number of anilines is 2. The van der Waals surface area contributed by atoms with E-state index in [9.17, 15) is 0 Å². The maximum Gasteiger partial charge on any atom is 0.131 e. The summed E-state index contributed by atoms with van der Waals surface area (Å²) in [6.45, 7) is 0. The molecule has 0 bridgehead atoms. The Labute approximate surface area is 130 Å². The number of halogens is 2. The zero-order valence-corrected chi connectivity index (χ0v) is 12.6. The fourth-order valence-corrected chi connectivity index (χ4v) is 1.83. The zero-order valence-electron chi connectivity index (χ0n) is 10.1. The van der Waals surface area contributed by atoms with Gasteiger partial charge in [-0.1, -0.05) is 18.2 Å². The predicted octanol–water partition coefficient (Wildman–Crippen LogP) is 3.63. The van der Waals surface area contributed by atoms with Crippen molar-refractivity contribution in [1.82, 2.24) is 0 Å². The van der Waals surface area contributed by atoms with E-state index in [1.54, 1.807) is 12.1 Å². The normalized spacial score (nSPS) is 9.11. The summed E-state index contributed by atoms with van der Waals surface area (Å²) < 4.78 is 5.45. The van der Waals surface area contributed by atoms with Gasteiger partial charge in [0.25, 0.3) is 0 Å². The van der Waals surface area contributed by atoms with Crippen LogP contribution in [0.2, 0.25) is 0 Å². The third-order valence-corrected chi connectivity index (χ3v) is 2.60. The van der Waals surface area contributed by atoms with Crippen LogP contribution in [0.1, 0.15) is 0 Å². The van der Waals surface area contributed by atoms with Crippen LogP contribution >= 0.6 is 37.4 Å². The molecule has 2 aromatic carbocycles. The van der Waals surface area contributed by atoms with E-state index in [0.29, 0.717) is 17.3 Å². The molecule has 0 radical (unpaired) electrons. The van der Waals surface area contributed by atoms with E-state index in [0.717, 1.165) is 16.9 Å². The van der Waals surface area contributed by atoms with Crippen LogP contribution in [0.25, 0.3) is 11.1 Å². The van der Waals surface area contributed by atoms with E-state index in [1.165, 1.54) is 0 Å². The molecule has 0 unspecified atom stereocenters. The van der Waals surface area contributed by atoms with Crippen molar-refractivity contribution in [3.63, 3.8) is 0 Å². The van der Waals surface area contributed by atoms with Gasteiger partial charge in [0.2, 0.25) is 0 Å². The Hall–Kier alpha value is -1.23. The molecule has 0 aliphatic carbocycles. The molecule has 3 nitrogen and oxygen atoms in total. The van der Waals surface area contributed by atoms with Crippen molar-refractivity contribution in [1.29, 1.82) is 0 Å². The summed E-state index contributed by atoms with van der Waals surface area (Å²) in [6, 6.07) is 13.1. The second-order valence-corrected chi connectivity index (χ2v) is 3.87. The summed E-state index contributed by atoms with van der Waals surface area (Å²) in [5, 5.41) is 0. The lowest BCUT2D eigenvalue weighted by Crippen LogP contribution is -1.96. The summed E-state index contributed by atoms with van der Waals surface area (Å²) in [7, 11) is 0. The first-order valence-electron chi connectivity index (χ1n) is 5.20. The molecular weight excluding hydrogens is 303 g/mol. The second-order valence-electron chi connectivity index (χ2n) is 3.62. The Morgan fingerprint density at radius 3 is 2.32 bits per heavy atom. The number of rotatable bonds is 3. The van der Waals surface area contributed by atoms with Gasteiger partial charge in [0, 0.05) is 22.5 Å². The van der Waals surface area contributed by atoms with Crippen LogP contribution in [0.5, 0.6) is 5.75 Å². The SMILES string of the molecule is Cl.Cl.Nc1ccc(N)c(-c2ccccc2OCS)c1. The second kappa shape index (κ2) is 8.04. The quantitative estimate of drug-likeness (QED) is 0.460. The molecule has 0 fully saturated rings. The largest absolute Gasteiger partial charge is 0.483 e. The molecule has 6 heteroatoms. The molecule has 2 aromatic rings. The average molecular weight is 319 g/mol. The molecule has 4 N–H and O–H groups in total. The molecule has 104 valence electrons. The third-order valence-electron chi connectivity index (χ3n) is 2.47. The van der Waals surface area contributed by atoms with E-state index < -0.39 is 0 Å². The van der Waals surface area contributed by atoms with Crippen LogP contribution in [-0.2, 0) is 0 Å². The number of nitrogens with two attached hydrogens (primary N) is 2. The maximum atomic E-state index is 5.96. The number of hydrogen-bond donors (Lipinski definition) is 3. The van der Waals surface area contributed by atoms with Gasteiger partial charge < -0.3 is 16.2 Å². The summed E-state index contributed by atoms with van der Waals surface area (Å²) in [5.41, 5.74) is 14.9. The Morgan fingerprint density at radius 1 is 0.947 bits per heavy atom. The molecular formula is C13H16Cl2N2OS. The molecule has 0 saturated heterocycles. The predicted molar refractivity (Wildman–Crippen MR) is 89.7 cm³/mol. The number of ether oxygens (including phenoxy) is 1. The average Bonchev–Trinajstić information content (AvgIpc) is 2.34. The number of thiol groups is 1. The minimum atomic E-state index is 0. The van der Waals surface area contributed by atoms with Gasteiger partial charge >= 0.3 is 0 Å². The van der Waals surface area contributed by atoms with Gasteiger partial charge in [0.1, 0.15) is 11.7 Å². The summed E-state index contributed by atoms with van der Waals surface area (Å²) in [5.74, 6) is 1.07. The highest BCUT2D eigenvalue weighted by Gasteiger charge is 2.08. The third kappa shape index (κ3) is 4.13. The first kappa shape index (κ1) is 17.8. The van der Waals surface area contributed by atoms with Crippen LogP contribution < -0.4 is 16.2 Å². The molecule has 0 heterocycles.